The van der Waals surface area contributed by atoms with E-state index in [1.165, 1.54) is 60.0 Å². The Morgan fingerprint density at radius 1 is 1.05 bits per heavy atom. The molecule has 2 heterocycles. The topological polar surface area (TPSA) is 131 Å². The molecule has 226 valence electrons. The number of methoxy groups -OCH3 is 1. The molecule has 0 radical (unpaired) electrons. The number of nitro groups is 1. The molecule has 0 saturated heterocycles. The van der Waals surface area contributed by atoms with Crippen LogP contribution in [0.3, 0.4) is 0 Å². The van der Waals surface area contributed by atoms with Crippen molar-refractivity contribution in [2.24, 2.45) is 0 Å². The number of amides is 2. The first kappa shape index (κ1) is 30.9. The van der Waals surface area contributed by atoms with E-state index in [9.17, 15) is 24.5 Å². The smallest absolute Gasteiger partial charge is 0.341 e. The summed E-state index contributed by atoms with van der Waals surface area (Å²) in [6.45, 7) is 4.04. The Morgan fingerprint density at radius 3 is 2.50 bits per heavy atom. The van der Waals surface area contributed by atoms with Crippen LogP contribution in [0.1, 0.15) is 43.6 Å². The molecule has 4 aromatic rings. The van der Waals surface area contributed by atoms with E-state index in [4.69, 9.17) is 4.74 Å². The number of thioether (sulfide) groups is 1. The molecule has 0 aliphatic carbocycles. The Morgan fingerprint density at radius 2 is 1.80 bits per heavy atom. The van der Waals surface area contributed by atoms with E-state index in [1.807, 2.05) is 24.3 Å². The van der Waals surface area contributed by atoms with Gasteiger partial charge in [-0.2, -0.15) is 0 Å². The number of anilines is 2. The van der Waals surface area contributed by atoms with Gasteiger partial charge in [0.2, 0.25) is 5.91 Å². The monoisotopic (exact) mass is 630 g/mol. The van der Waals surface area contributed by atoms with Crippen molar-refractivity contribution in [3.05, 3.63) is 116 Å². The molecule has 0 bridgehead atoms. The lowest BCUT2D eigenvalue weighted by Crippen LogP contribution is -2.29. The maximum atomic E-state index is 13.3. The van der Waals surface area contributed by atoms with Crippen molar-refractivity contribution < 1.29 is 24.0 Å². The number of carbonyl (C=O) groups is 3. The summed E-state index contributed by atoms with van der Waals surface area (Å²) >= 11 is 2.72. The number of nitrogens with one attached hydrogen (secondary N) is 2. The van der Waals surface area contributed by atoms with Gasteiger partial charge < -0.3 is 15.4 Å². The molecule has 1 aromatic heterocycles. The molecule has 10 nitrogen and oxygen atoms in total. The Hall–Kier alpha value is -4.52. The number of thiophene rings is 1. The normalized spacial score (nSPS) is 13.4. The maximum Gasteiger partial charge on any atom is 0.341 e. The van der Waals surface area contributed by atoms with E-state index in [0.29, 0.717) is 29.2 Å². The second-order valence-corrected chi connectivity index (χ2v) is 12.7. The molecule has 1 atom stereocenters. The highest BCUT2D eigenvalue weighted by atomic mass is 32.2. The van der Waals surface area contributed by atoms with Crippen molar-refractivity contribution in [3.8, 4) is 0 Å². The highest BCUT2D eigenvalue weighted by molar-refractivity contribution is 8.00. The molecule has 1 aliphatic heterocycles. The summed E-state index contributed by atoms with van der Waals surface area (Å²) in [6.07, 6.45) is 0.682. The quantitative estimate of drug-likeness (QED) is 0.0894. The van der Waals surface area contributed by atoms with Gasteiger partial charge in [0, 0.05) is 52.8 Å². The van der Waals surface area contributed by atoms with Crippen LogP contribution in [-0.4, -0.2) is 46.5 Å². The largest absolute Gasteiger partial charge is 0.465 e. The van der Waals surface area contributed by atoms with Crippen LogP contribution in [0, 0.1) is 10.1 Å². The first-order valence-corrected chi connectivity index (χ1v) is 15.5. The average molecular weight is 631 g/mol. The Balaban J connectivity index is 1.24. The van der Waals surface area contributed by atoms with E-state index in [1.54, 1.807) is 25.1 Å². The third-order valence-corrected chi connectivity index (χ3v) is 9.35. The van der Waals surface area contributed by atoms with Gasteiger partial charge in [0.15, 0.2) is 0 Å². The van der Waals surface area contributed by atoms with E-state index in [2.05, 4.69) is 27.7 Å². The number of nitro benzene ring substituents is 1. The minimum atomic E-state index is -0.525. The van der Waals surface area contributed by atoms with Crippen LogP contribution in [0.15, 0.2) is 83.8 Å². The molecule has 44 heavy (non-hydrogen) atoms. The van der Waals surface area contributed by atoms with E-state index >= 15 is 0 Å². The van der Waals surface area contributed by atoms with Crippen molar-refractivity contribution in [1.29, 1.82) is 0 Å². The molecule has 5 rings (SSSR count). The van der Waals surface area contributed by atoms with Gasteiger partial charge in [-0.1, -0.05) is 36.4 Å². The van der Waals surface area contributed by atoms with E-state index in [0.717, 1.165) is 28.4 Å². The summed E-state index contributed by atoms with van der Waals surface area (Å²) in [6, 6.07) is 22.6. The number of hydrogen-bond donors (Lipinski definition) is 2. The molecule has 3 aromatic carbocycles. The maximum absolute atomic E-state index is 13.3. The van der Waals surface area contributed by atoms with Gasteiger partial charge in [-0.3, -0.25) is 24.6 Å². The number of carbonyl (C=O) groups excluding carboxylic acids is 3. The van der Waals surface area contributed by atoms with Gasteiger partial charge in [-0.15, -0.1) is 23.1 Å². The lowest BCUT2D eigenvalue weighted by molar-refractivity contribution is -0.384. The van der Waals surface area contributed by atoms with Gasteiger partial charge >= 0.3 is 5.97 Å². The fourth-order valence-corrected chi connectivity index (χ4v) is 7.10. The SMILES string of the molecule is COC(=O)c1c(NC(=O)C(C)Sc2cccc(NC(=O)c3ccc([N+](=O)[O-])cc3)c2)sc2c1CCN(Cc1ccccc1)C2. The third-order valence-electron chi connectivity index (χ3n) is 7.13. The average Bonchev–Trinajstić information content (AvgIpc) is 3.38. The minimum Gasteiger partial charge on any atom is -0.465 e. The summed E-state index contributed by atoms with van der Waals surface area (Å²) in [4.78, 5) is 53.3. The zero-order valence-electron chi connectivity index (χ0n) is 24.1. The van der Waals surface area contributed by atoms with Crippen LogP contribution in [0.2, 0.25) is 0 Å². The van der Waals surface area contributed by atoms with Crippen LogP contribution in [-0.2, 0) is 29.0 Å². The molecular weight excluding hydrogens is 601 g/mol. The van der Waals surface area contributed by atoms with Gasteiger partial charge in [-0.05, 0) is 54.8 Å². The molecule has 1 aliphatic rings. The van der Waals surface area contributed by atoms with Crippen LogP contribution >= 0.6 is 23.1 Å². The Labute approximate surface area is 262 Å². The number of benzene rings is 3. The summed E-state index contributed by atoms with van der Waals surface area (Å²) in [7, 11) is 1.34. The van der Waals surface area contributed by atoms with Crippen molar-refractivity contribution in [3.63, 3.8) is 0 Å². The number of ether oxygens (including phenoxy) is 1. The fraction of sp³-hybridized carbons (Fsp3) is 0.219. The molecule has 12 heteroatoms. The predicted molar refractivity (Wildman–Crippen MR) is 171 cm³/mol. The highest BCUT2D eigenvalue weighted by Crippen LogP contribution is 2.38. The molecule has 1 unspecified atom stereocenters. The fourth-order valence-electron chi connectivity index (χ4n) is 4.90. The van der Waals surface area contributed by atoms with Crippen LogP contribution in [0.5, 0.6) is 0 Å². The summed E-state index contributed by atoms with van der Waals surface area (Å²) in [5, 5.41) is 16.6. The second-order valence-electron chi connectivity index (χ2n) is 10.2. The first-order valence-electron chi connectivity index (χ1n) is 13.8. The predicted octanol–water partition coefficient (Wildman–Crippen LogP) is 6.37. The first-order chi connectivity index (χ1) is 21.2. The molecule has 0 spiro atoms. The third kappa shape index (κ3) is 7.33. The van der Waals surface area contributed by atoms with E-state index < -0.39 is 22.0 Å². The standard InChI is InChI=1S/C32H30N4O6S2/c1-20(43-25-10-6-9-23(17-25)33-30(38)22-11-13-24(14-12-22)36(40)41)29(37)34-31-28(32(39)42-2)26-15-16-35(19-27(26)44-31)18-21-7-4-3-5-8-21/h3-14,17,20H,15-16,18-19H2,1-2H3,(H,33,38)(H,34,37). The van der Waals surface area contributed by atoms with Crippen molar-refractivity contribution in [2.75, 3.05) is 24.3 Å². The summed E-state index contributed by atoms with van der Waals surface area (Å²) < 4.78 is 5.09. The van der Waals surface area contributed by atoms with Gasteiger partial charge in [-0.25, -0.2) is 4.79 Å². The molecule has 2 N–H and O–H groups in total. The van der Waals surface area contributed by atoms with Crippen molar-refractivity contribution in [1.82, 2.24) is 4.90 Å². The molecule has 0 saturated carbocycles. The van der Waals surface area contributed by atoms with E-state index in [-0.39, 0.29) is 17.2 Å². The molecule has 0 fully saturated rings. The van der Waals surface area contributed by atoms with Gasteiger partial charge in [0.25, 0.3) is 11.6 Å². The Bertz CT molecular complexity index is 1690. The van der Waals surface area contributed by atoms with Crippen LogP contribution in [0.25, 0.3) is 0 Å². The van der Waals surface area contributed by atoms with Gasteiger partial charge in [0.05, 0.1) is 22.8 Å². The number of non-ortho nitro benzene ring substituents is 1. The zero-order chi connectivity index (χ0) is 31.2. The highest BCUT2D eigenvalue weighted by Gasteiger charge is 2.30. The summed E-state index contributed by atoms with van der Waals surface area (Å²) in [5.74, 6) is -1.14. The number of hydrogen-bond acceptors (Lipinski definition) is 9. The number of fused-ring (bicyclic) bond motifs is 1. The van der Waals surface area contributed by atoms with Crippen LogP contribution in [0.4, 0.5) is 16.4 Å². The van der Waals surface area contributed by atoms with Gasteiger partial charge in [0.1, 0.15) is 5.00 Å². The minimum absolute atomic E-state index is 0.0985. The number of rotatable bonds is 10. The molecule has 2 amide bonds. The number of nitrogens with zero attached hydrogens (tertiary/aromatic N) is 2. The molecular formula is C32H30N4O6S2. The number of esters is 1. The van der Waals surface area contributed by atoms with Crippen molar-refractivity contribution >= 4 is 57.3 Å². The zero-order valence-corrected chi connectivity index (χ0v) is 25.7. The second kappa shape index (κ2) is 13.8. The lowest BCUT2D eigenvalue weighted by atomic mass is 10.0. The summed E-state index contributed by atoms with van der Waals surface area (Å²) in [5.41, 5.74) is 3.27. The van der Waals surface area contributed by atoms with Crippen LogP contribution < -0.4 is 10.6 Å². The Kier molecular flexibility index (Phi) is 9.73. The van der Waals surface area contributed by atoms with Crippen molar-refractivity contribution in [2.45, 2.75) is 36.6 Å². The lowest BCUT2D eigenvalue weighted by Gasteiger charge is -2.27.